The van der Waals surface area contributed by atoms with Gasteiger partial charge < -0.3 is 5.11 Å². The molecule has 0 amide bonds. The largest absolute Gasteiger partial charge is 0.478 e. The zero-order valence-electron chi connectivity index (χ0n) is 13.4. The molecule has 0 rings (SSSR count). The monoisotopic (exact) mass is 486 g/mol. The molecule has 1 N–H and O–H groups in total. The Hall–Kier alpha value is -1.91. The average Bonchev–Trinajstić information content (AvgIpc) is 2.52. The maximum Gasteiger partial charge on any atom is 0.384 e. The second-order valence-electron chi connectivity index (χ2n) is 5.59. The third kappa shape index (κ3) is 3.65. The van der Waals surface area contributed by atoms with Crippen molar-refractivity contribution in [1.82, 2.24) is 0 Å². The van der Waals surface area contributed by atoms with E-state index >= 15 is 0 Å². The number of halogens is 16. The minimum atomic E-state index is -8.50. The first-order valence-corrected chi connectivity index (χ1v) is 6.61. The predicted octanol–water partition coefficient (Wildman–Crippen LogP) is 5.73. The number of carboxylic acids is 1. The van der Waals surface area contributed by atoms with Crippen LogP contribution in [0.25, 0.3) is 0 Å². The van der Waals surface area contributed by atoms with Crippen LogP contribution in [0.5, 0.6) is 0 Å². The van der Waals surface area contributed by atoms with Crippen molar-refractivity contribution in [2.75, 3.05) is 0 Å². The van der Waals surface area contributed by atoms with Gasteiger partial charge in [0.25, 0.3) is 0 Å². The normalized spacial score (nSPS) is 15.5. The molecule has 0 atom stereocenters. The summed E-state index contributed by atoms with van der Waals surface area (Å²) in [6.07, 6.45) is -9.03. The average molecular weight is 486 g/mol. The number of rotatable bonds is 10. The third-order valence-electron chi connectivity index (χ3n) is 3.47. The SMILES string of the molecule is C=C(CC(F)(F)C(F)(F)C(F)(F)C(F)(F)C(F)(F)C(F)(F)C(F)(F)C(F)F)C(=O)O. The lowest BCUT2D eigenvalue weighted by molar-refractivity contribution is -0.446. The highest BCUT2D eigenvalue weighted by Crippen LogP contribution is 2.63. The van der Waals surface area contributed by atoms with Crippen molar-refractivity contribution in [2.24, 2.45) is 0 Å². The molecule has 0 fully saturated rings. The molecule has 0 spiro atoms. The predicted molar refractivity (Wildman–Crippen MR) is 62.0 cm³/mol. The van der Waals surface area contributed by atoms with Crippen molar-refractivity contribution in [1.29, 1.82) is 0 Å². The molecule has 0 heterocycles. The zero-order valence-corrected chi connectivity index (χ0v) is 13.4. The van der Waals surface area contributed by atoms with Crippen molar-refractivity contribution >= 4 is 5.97 Å². The molecule has 2 nitrogen and oxygen atoms in total. The summed E-state index contributed by atoms with van der Waals surface area (Å²) in [6.45, 7) is 2.14. The molecule has 0 bridgehead atoms. The maximum atomic E-state index is 13.3. The van der Waals surface area contributed by atoms with Crippen LogP contribution in [-0.2, 0) is 4.79 Å². The number of hydrogen-bond donors (Lipinski definition) is 1. The molecule has 0 aliphatic carbocycles. The molecule has 178 valence electrons. The van der Waals surface area contributed by atoms with Gasteiger partial charge in [-0.2, -0.15) is 61.5 Å². The van der Waals surface area contributed by atoms with Crippen LogP contribution in [0, 0.1) is 0 Å². The summed E-state index contributed by atoms with van der Waals surface area (Å²) in [5, 5.41) is 8.16. The van der Waals surface area contributed by atoms with E-state index in [2.05, 4.69) is 6.58 Å². The Labute approximate surface area is 154 Å². The van der Waals surface area contributed by atoms with E-state index in [0.717, 1.165) is 0 Å². The van der Waals surface area contributed by atoms with Gasteiger partial charge in [-0.25, -0.2) is 13.6 Å². The van der Waals surface area contributed by atoms with E-state index < -0.39 is 65.8 Å². The molecule has 0 radical (unpaired) electrons. The van der Waals surface area contributed by atoms with Gasteiger partial charge in [0.1, 0.15) is 0 Å². The summed E-state index contributed by atoms with van der Waals surface area (Å²) < 4.78 is 208. The van der Waals surface area contributed by atoms with Gasteiger partial charge in [-0.1, -0.05) is 6.58 Å². The lowest BCUT2D eigenvalue weighted by Gasteiger charge is -2.42. The van der Waals surface area contributed by atoms with Crippen molar-refractivity contribution in [2.45, 2.75) is 54.3 Å². The van der Waals surface area contributed by atoms with Gasteiger partial charge in [0, 0.05) is 12.0 Å². The van der Waals surface area contributed by atoms with Crippen LogP contribution >= 0.6 is 0 Å². The van der Waals surface area contributed by atoms with Gasteiger partial charge in [0.15, 0.2) is 0 Å². The molecule has 0 saturated heterocycles. The molecule has 0 aliphatic rings. The Morgan fingerprint density at radius 3 is 1.27 bits per heavy atom. The van der Waals surface area contributed by atoms with E-state index in [1.807, 2.05) is 0 Å². The highest BCUT2D eigenvalue weighted by molar-refractivity contribution is 5.85. The minimum Gasteiger partial charge on any atom is -0.478 e. The quantitative estimate of drug-likeness (QED) is 0.317. The van der Waals surface area contributed by atoms with Crippen LogP contribution < -0.4 is 0 Å². The van der Waals surface area contributed by atoms with Gasteiger partial charge in [-0.3, -0.25) is 0 Å². The number of alkyl halides is 16. The molecular formula is C12H6F16O2. The molecule has 0 aromatic rings. The Bertz CT molecular complexity index is 680. The van der Waals surface area contributed by atoms with Gasteiger partial charge in [-0.15, -0.1) is 0 Å². The van der Waals surface area contributed by atoms with Crippen LogP contribution in [0.3, 0.4) is 0 Å². The van der Waals surface area contributed by atoms with Crippen LogP contribution in [0.15, 0.2) is 12.2 Å². The Kier molecular flexibility index (Phi) is 6.88. The first-order valence-electron chi connectivity index (χ1n) is 6.61. The third-order valence-corrected chi connectivity index (χ3v) is 3.47. The molecule has 0 unspecified atom stereocenters. The second-order valence-corrected chi connectivity index (χ2v) is 5.59. The summed E-state index contributed by atoms with van der Waals surface area (Å²) in [5.74, 6) is -58.0. The molecule has 30 heavy (non-hydrogen) atoms. The standard InChI is InChI=1S/C12H6F16O2/c1-3(4(29)30)2-6(15,16)8(19,20)10(23,24)12(27,28)11(25,26)9(21,22)7(17,18)5(13)14/h5H,1-2H2,(H,29,30). The topological polar surface area (TPSA) is 37.3 Å². The Morgan fingerprint density at radius 1 is 0.667 bits per heavy atom. The minimum absolute atomic E-state index is 2.07. The second kappa shape index (κ2) is 7.35. The summed E-state index contributed by atoms with van der Waals surface area (Å²) in [4.78, 5) is 10.2. The number of hydrogen-bond acceptors (Lipinski definition) is 1. The summed E-state index contributed by atoms with van der Waals surface area (Å²) in [6, 6.07) is 0. The van der Waals surface area contributed by atoms with Crippen molar-refractivity contribution in [3.63, 3.8) is 0 Å². The van der Waals surface area contributed by atoms with E-state index in [4.69, 9.17) is 5.11 Å². The highest BCUT2D eigenvalue weighted by atomic mass is 19.4. The highest BCUT2D eigenvalue weighted by Gasteiger charge is 2.93. The van der Waals surface area contributed by atoms with Crippen LogP contribution in [-0.4, -0.2) is 59.0 Å². The molecule has 0 aromatic carbocycles. The zero-order chi connectivity index (χ0) is 24.9. The van der Waals surface area contributed by atoms with Crippen LogP contribution in [0.4, 0.5) is 70.2 Å². The van der Waals surface area contributed by atoms with Crippen molar-refractivity contribution in [3.8, 4) is 0 Å². The summed E-state index contributed by atoms with van der Waals surface area (Å²) in [7, 11) is 0. The van der Waals surface area contributed by atoms with E-state index in [-0.39, 0.29) is 0 Å². The fourth-order valence-corrected chi connectivity index (χ4v) is 1.62. The maximum absolute atomic E-state index is 13.3. The van der Waals surface area contributed by atoms with E-state index in [1.165, 1.54) is 0 Å². The van der Waals surface area contributed by atoms with E-state index in [0.29, 0.717) is 0 Å². The van der Waals surface area contributed by atoms with Gasteiger partial charge in [0.2, 0.25) is 0 Å². The fourth-order valence-electron chi connectivity index (χ4n) is 1.62. The van der Waals surface area contributed by atoms with E-state index in [9.17, 15) is 75.0 Å². The van der Waals surface area contributed by atoms with Gasteiger partial charge in [0.05, 0.1) is 0 Å². The fraction of sp³-hybridized carbons (Fsp3) is 0.750. The summed E-state index contributed by atoms with van der Waals surface area (Å²) in [5.41, 5.74) is -2.07. The van der Waals surface area contributed by atoms with E-state index in [1.54, 1.807) is 0 Å². The van der Waals surface area contributed by atoms with Crippen LogP contribution in [0.2, 0.25) is 0 Å². The molecular weight excluding hydrogens is 480 g/mol. The Morgan fingerprint density at radius 2 is 0.967 bits per heavy atom. The Balaban J connectivity index is 6.59. The first-order chi connectivity index (χ1) is 12.8. The molecule has 0 saturated carbocycles. The smallest absolute Gasteiger partial charge is 0.384 e. The number of aliphatic carboxylic acids is 1. The molecule has 0 aliphatic heterocycles. The number of carboxylic acid groups (broad SMARTS) is 1. The van der Waals surface area contributed by atoms with Crippen molar-refractivity contribution < 1.29 is 80.1 Å². The summed E-state index contributed by atoms with van der Waals surface area (Å²) >= 11 is 0. The van der Waals surface area contributed by atoms with Crippen molar-refractivity contribution in [3.05, 3.63) is 12.2 Å². The lowest BCUT2D eigenvalue weighted by atomic mass is 9.87. The number of carbonyl (C=O) groups is 1. The molecule has 18 heteroatoms. The van der Waals surface area contributed by atoms with Gasteiger partial charge >= 0.3 is 53.9 Å². The molecule has 0 aromatic heterocycles. The van der Waals surface area contributed by atoms with Crippen LogP contribution in [0.1, 0.15) is 6.42 Å². The van der Waals surface area contributed by atoms with Gasteiger partial charge in [-0.05, 0) is 0 Å². The first kappa shape index (κ1) is 28.1. The lowest BCUT2D eigenvalue weighted by Crippen LogP contribution is -2.73.